The summed E-state index contributed by atoms with van der Waals surface area (Å²) in [5.41, 5.74) is 0.924. The quantitative estimate of drug-likeness (QED) is 0.848. The van der Waals surface area contributed by atoms with Gasteiger partial charge in [0.15, 0.2) is 0 Å². The number of nitrogens with one attached hydrogen (secondary N) is 1. The van der Waals surface area contributed by atoms with Crippen LogP contribution in [0.3, 0.4) is 0 Å². The summed E-state index contributed by atoms with van der Waals surface area (Å²) in [7, 11) is 1.90. The SMILES string of the molecule is CCN(CC(C)(CO)NC)c1cccc2ccccc12. The van der Waals surface area contributed by atoms with E-state index in [0.29, 0.717) is 0 Å². The van der Waals surface area contributed by atoms with Crippen molar-refractivity contribution in [2.24, 2.45) is 0 Å². The maximum atomic E-state index is 9.60. The van der Waals surface area contributed by atoms with Crippen LogP contribution in [0.4, 0.5) is 5.69 Å². The lowest BCUT2D eigenvalue weighted by Crippen LogP contribution is -2.52. The normalized spacial score (nSPS) is 14.2. The van der Waals surface area contributed by atoms with E-state index >= 15 is 0 Å². The van der Waals surface area contributed by atoms with Crippen molar-refractivity contribution in [3.63, 3.8) is 0 Å². The molecule has 0 saturated heterocycles. The molecule has 0 aliphatic carbocycles. The molecule has 0 amide bonds. The van der Waals surface area contributed by atoms with Gasteiger partial charge in [0.25, 0.3) is 0 Å². The van der Waals surface area contributed by atoms with Crippen LogP contribution < -0.4 is 10.2 Å². The Morgan fingerprint density at radius 1 is 1.15 bits per heavy atom. The van der Waals surface area contributed by atoms with E-state index < -0.39 is 0 Å². The number of hydrogen-bond donors (Lipinski definition) is 2. The smallest absolute Gasteiger partial charge is 0.0627 e. The molecule has 3 heteroatoms. The van der Waals surface area contributed by atoms with Gasteiger partial charge >= 0.3 is 0 Å². The fourth-order valence-electron chi connectivity index (χ4n) is 2.48. The molecule has 0 radical (unpaired) electrons. The standard InChI is InChI=1S/C17H24N2O/c1-4-19(12-17(2,13-20)18-3)16-11-7-9-14-8-5-6-10-15(14)16/h5-11,18,20H,4,12-13H2,1-3H3. The Bertz CT molecular complexity index is 558. The lowest BCUT2D eigenvalue weighted by Gasteiger charge is -2.35. The minimum atomic E-state index is -0.299. The van der Waals surface area contributed by atoms with Crippen molar-refractivity contribution in [2.75, 3.05) is 31.6 Å². The zero-order valence-electron chi connectivity index (χ0n) is 12.6. The Morgan fingerprint density at radius 2 is 1.85 bits per heavy atom. The summed E-state index contributed by atoms with van der Waals surface area (Å²) >= 11 is 0. The summed E-state index contributed by atoms with van der Waals surface area (Å²) in [6.07, 6.45) is 0. The van der Waals surface area contributed by atoms with E-state index in [9.17, 15) is 5.11 Å². The van der Waals surface area contributed by atoms with Crippen LogP contribution in [0, 0.1) is 0 Å². The Kier molecular flexibility index (Phi) is 4.63. The molecule has 0 heterocycles. The van der Waals surface area contributed by atoms with Crippen LogP contribution in [0.15, 0.2) is 42.5 Å². The summed E-state index contributed by atoms with van der Waals surface area (Å²) in [5.74, 6) is 0. The van der Waals surface area contributed by atoms with E-state index in [4.69, 9.17) is 0 Å². The van der Waals surface area contributed by atoms with Crippen molar-refractivity contribution in [3.05, 3.63) is 42.5 Å². The van der Waals surface area contributed by atoms with Crippen molar-refractivity contribution in [2.45, 2.75) is 19.4 Å². The molecular weight excluding hydrogens is 248 g/mol. The topological polar surface area (TPSA) is 35.5 Å². The largest absolute Gasteiger partial charge is 0.394 e. The van der Waals surface area contributed by atoms with Crippen molar-refractivity contribution >= 4 is 16.5 Å². The molecule has 0 aliphatic rings. The number of benzene rings is 2. The molecular formula is C17H24N2O. The van der Waals surface area contributed by atoms with Gasteiger partial charge in [-0.05, 0) is 32.3 Å². The lowest BCUT2D eigenvalue weighted by atomic mass is 10.0. The van der Waals surface area contributed by atoms with E-state index in [1.54, 1.807) is 0 Å². The van der Waals surface area contributed by atoms with Crippen LogP contribution in [0.2, 0.25) is 0 Å². The zero-order valence-corrected chi connectivity index (χ0v) is 12.6. The molecule has 1 unspecified atom stereocenters. The highest BCUT2D eigenvalue weighted by Crippen LogP contribution is 2.27. The molecule has 108 valence electrons. The Hall–Kier alpha value is -1.58. The van der Waals surface area contributed by atoms with Crippen molar-refractivity contribution in [1.29, 1.82) is 0 Å². The first-order chi connectivity index (χ1) is 9.63. The van der Waals surface area contributed by atoms with Crippen LogP contribution in [0.1, 0.15) is 13.8 Å². The highest BCUT2D eigenvalue weighted by atomic mass is 16.3. The van der Waals surface area contributed by atoms with E-state index in [2.05, 4.69) is 59.6 Å². The van der Waals surface area contributed by atoms with Crippen LogP contribution in [-0.2, 0) is 0 Å². The molecule has 0 fully saturated rings. The number of fused-ring (bicyclic) bond motifs is 1. The molecule has 0 bridgehead atoms. The molecule has 2 aromatic rings. The highest BCUT2D eigenvalue weighted by Gasteiger charge is 2.24. The molecule has 3 nitrogen and oxygen atoms in total. The van der Waals surface area contributed by atoms with Gasteiger partial charge in [0.05, 0.1) is 12.1 Å². The molecule has 2 rings (SSSR count). The predicted molar refractivity (Wildman–Crippen MR) is 86.4 cm³/mol. The van der Waals surface area contributed by atoms with Gasteiger partial charge in [0.2, 0.25) is 0 Å². The van der Waals surface area contributed by atoms with Gasteiger partial charge in [-0.3, -0.25) is 0 Å². The number of aliphatic hydroxyl groups is 1. The van der Waals surface area contributed by atoms with E-state index in [-0.39, 0.29) is 12.1 Å². The highest BCUT2D eigenvalue weighted by molar-refractivity contribution is 5.94. The van der Waals surface area contributed by atoms with E-state index in [0.717, 1.165) is 13.1 Å². The number of rotatable bonds is 6. The first-order valence-corrected chi connectivity index (χ1v) is 7.16. The second-order valence-corrected chi connectivity index (χ2v) is 5.48. The second kappa shape index (κ2) is 6.25. The Balaban J connectivity index is 2.39. The van der Waals surface area contributed by atoms with Crippen LogP contribution in [0.25, 0.3) is 10.8 Å². The molecule has 2 aromatic carbocycles. The van der Waals surface area contributed by atoms with E-state index in [1.807, 2.05) is 14.0 Å². The molecule has 0 saturated carbocycles. The summed E-state index contributed by atoms with van der Waals surface area (Å²) in [4.78, 5) is 2.31. The van der Waals surface area contributed by atoms with Crippen LogP contribution in [-0.4, -0.2) is 37.4 Å². The van der Waals surface area contributed by atoms with Gasteiger partial charge in [0.1, 0.15) is 0 Å². The van der Waals surface area contributed by atoms with Crippen LogP contribution >= 0.6 is 0 Å². The lowest BCUT2D eigenvalue weighted by molar-refractivity contribution is 0.186. The Morgan fingerprint density at radius 3 is 2.50 bits per heavy atom. The van der Waals surface area contributed by atoms with Gasteiger partial charge < -0.3 is 15.3 Å². The van der Waals surface area contributed by atoms with Gasteiger partial charge in [0, 0.05) is 24.2 Å². The molecule has 20 heavy (non-hydrogen) atoms. The summed E-state index contributed by atoms with van der Waals surface area (Å²) in [6, 6.07) is 14.8. The average Bonchev–Trinajstić information content (AvgIpc) is 2.52. The van der Waals surface area contributed by atoms with Crippen molar-refractivity contribution in [3.8, 4) is 0 Å². The third-order valence-corrected chi connectivity index (χ3v) is 3.98. The number of aliphatic hydroxyl groups excluding tert-OH is 1. The maximum absolute atomic E-state index is 9.60. The third kappa shape index (κ3) is 2.94. The summed E-state index contributed by atoms with van der Waals surface area (Å²) < 4.78 is 0. The molecule has 0 aliphatic heterocycles. The first-order valence-electron chi connectivity index (χ1n) is 7.16. The number of nitrogens with zero attached hydrogens (tertiary/aromatic N) is 1. The maximum Gasteiger partial charge on any atom is 0.0627 e. The van der Waals surface area contributed by atoms with Gasteiger partial charge in [-0.15, -0.1) is 0 Å². The first kappa shape index (κ1) is 14.8. The fraction of sp³-hybridized carbons (Fsp3) is 0.412. The monoisotopic (exact) mass is 272 g/mol. The minimum absolute atomic E-state index is 0.116. The van der Waals surface area contributed by atoms with Gasteiger partial charge in [-0.2, -0.15) is 0 Å². The number of hydrogen-bond acceptors (Lipinski definition) is 3. The fourth-order valence-corrected chi connectivity index (χ4v) is 2.48. The molecule has 1 atom stereocenters. The summed E-state index contributed by atoms with van der Waals surface area (Å²) in [5, 5.41) is 15.3. The zero-order chi connectivity index (χ0) is 14.6. The van der Waals surface area contributed by atoms with Gasteiger partial charge in [-0.1, -0.05) is 36.4 Å². The molecule has 0 aromatic heterocycles. The molecule has 0 spiro atoms. The van der Waals surface area contributed by atoms with Crippen molar-refractivity contribution in [1.82, 2.24) is 5.32 Å². The van der Waals surface area contributed by atoms with Crippen molar-refractivity contribution < 1.29 is 5.11 Å². The minimum Gasteiger partial charge on any atom is -0.394 e. The summed E-state index contributed by atoms with van der Waals surface area (Å²) in [6.45, 7) is 5.98. The number of anilines is 1. The van der Waals surface area contributed by atoms with Gasteiger partial charge in [-0.25, -0.2) is 0 Å². The number of likely N-dealkylation sites (N-methyl/N-ethyl adjacent to an activating group) is 2. The van der Waals surface area contributed by atoms with E-state index in [1.165, 1.54) is 16.5 Å². The predicted octanol–water partition coefficient (Wildman–Crippen LogP) is 2.64. The average molecular weight is 272 g/mol. The Labute approximate surface area is 121 Å². The van der Waals surface area contributed by atoms with Crippen LogP contribution in [0.5, 0.6) is 0 Å². The molecule has 2 N–H and O–H groups in total. The third-order valence-electron chi connectivity index (χ3n) is 3.98. The second-order valence-electron chi connectivity index (χ2n) is 5.48.